The maximum atomic E-state index is 13.3. The normalized spacial score (nSPS) is 10.8. The standard InChI is InChI=1S/C27H20N2O4/c1-32-19-15-13-18(14-16-19)28-27(31)25-24(22-10-4-5-12-23(22)33-25)29-26(30)21-11-6-8-17-7-2-3-9-20(17)21/h2-16H,1H3,(H,28,31)(H,29,30). The number of hydrogen-bond acceptors (Lipinski definition) is 4. The summed E-state index contributed by atoms with van der Waals surface area (Å²) in [7, 11) is 1.58. The summed E-state index contributed by atoms with van der Waals surface area (Å²) >= 11 is 0. The molecular weight excluding hydrogens is 416 g/mol. The quantitative estimate of drug-likeness (QED) is 0.349. The van der Waals surface area contributed by atoms with E-state index in [1.165, 1.54) is 0 Å². The molecule has 6 nitrogen and oxygen atoms in total. The lowest BCUT2D eigenvalue weighted by Crippen LogP contribution is -2.17. The zero-order valence-corrected chi connectivity index (χ0v) is 17.8. The molecule has 162 valence electrons. The van der Waals surface area contributed by atoms with Gasteiger partial charge in [0.05, 0.1) is 7.11 Å². The van der Waals surface area contributed by atoms with Crippen molar-refractivity contribution in [3.05, 3.63) is 102 Å². The first-order valence-corrected chi connectivity index (χ1v) is 10.4. The van der Waals surface area contributed by atoms with E-state index in [2.05, 4.69) is 10.6 Å². The first-order chi connectivity index (χ1) is 16.1. The largest absolute Gasteiger partial charge is 0.497 e. The molecule has 0 atom stereocenters. The Kier molecular flexibility index (Phi) is 5.24. The van der Waals surface area contributed by atoms with Crippen molar-refractivity contribution in [2.24, 2.45) is 0 Å². The molecule has 0 saturated carbocycles. The fraction of sp³-hybridized carbons (Fsp3) is 0.0370. The summed E-state index contributed by atoms with van der Waals surface area (Å²) in [6.45, 7) is 0. The number of para-hydroxylation sites is 1. The van der Waals surface area contributed by atoms with Crippen LogP contribution in [-0.2, 0) is 0 Å². The van der Waals surface area contributed by atoms with Gasteiger partial charge in [0.25, 0.3) is 11.8 Å². The molecule has 4 aromatic carbocycles. The van der Waals surface area contributed by atoms with Crippen molar-refractivity contribution in [1.29, 1.82) is 0 Å². The molecule has 0 aliphatic heterocycles. The summed E-state index contributed by atoms with van der Waals surface area (Å²) < 4.78 is 11.0. The van der Waals surface area contributed by atoms with Crippen molar-refractivity contribution in [2.45, 2.75) is 0 Å². The van der Waals surface area contributed by atoms with Gasteiger partial charge < -0.3 is 19.8 Å². The number of anilines is 2. The Morgan fingerprint density at radius 1 is 0.727 bits per heavy atom. The van der Waals surface area contributed by atoms with Gasteiger partial charge in [0.1, 0.15) is 17.0 Å². The maximum absolute atomic E-state index is 13.3. The SMILES string of the molecule is COc1ccc(NC(=O)c2oc3ccccc3c2NC(=O)c2cccc3ccccc23)cc1. The molecule has 0 bridgehead atoms. The number of amides is 2. The smallest absolute Gasteiger partial charge is 0.293 e. The first kappa shape index (κ1) is 20.3. The summed E-state index contributed by atoms with van der Waals surface area (Å²) in [5.74, 6) is -0.0817. The highest BCUT2D eigenvalue weighted by atomic mass is 16.5. The van der Waals surface area contributed by atoms with E-state index in [9.17, 15) is 9.59 Å². The van der Waals surface area contributed by atoms with Crippen molar-refractivity contribution < 1.29 is 18.7 Å². The second-order valence-electron chi connectivity index (χ2n) is 7.47. The maximum Gasteiger partial charge on any atom is 0.293 e. The molecule has 2 amide bonds. The molecule has 2 N–H and O–H groups in total. The third kappa shape index (κ3) is 3.90. The number of methoxy groups -OCH3 is 1. The van der Waals surface area contributed by atoms with Crippen LogP contribution < -0.4 is 15.4 Å². The third-order valence-electron chi connectivity index (χ3n) is 5.42. The number of furan rings is 1. The molecule has 1 heterocycles. The molecule has 0 aliphatic carbocycles. The van der Waals surface area contributed by atoms with Crippen LogP contribution in [0.5, 0.6) is 5.75 Å². The second-order valence-corrected chi connectivity index (χ2v) is 7.47. The fourth-order valence-corrected chi connectivity index (χ4v) is 3.80. The summed E-state index contributed by atoms with van der Waals surface area (Å²) in [5.41, 5.74) is 1.92. The number of benzene rings is 4. The van der Waals surface area contributed by atoms with Gasteiger partial charge in [-0.1, -0.05) is 48.5 Å². The Bertz CT molecular complexity index is 1480. The minimum absolute atomic E-state index is 0.0283. The number of fused-ring (bicyclic) bond motifs is 2. The zero-order valence-electron chi connectivity index (χ0n) is 17.8. The van der Waals surface area contributed by atoms with Gasteiger partial charge in [-0.2, -0.15) is 0 Å². The van der Waals surface area contributed by atoms with E-state index in [0.717, 1.165) is 10.8 Å². The molecule has 33 heavy (non-hydrogen) atoms. The highest BCUT2D eigenvalue weighted by molar-refractivity contribution is 6.19. The van der Waals surface area contributed by atoms with Crippen LogP contribution in [0.4, 0.5) is 11.4 Å². The summed E-state index contributed by atoms with van der Waals surface area (Å²) in [5, 5.41) is 8.16. The number of nitrogens with one attached hydrogen (secondary N) is 2. The minimum atomic E-state index is -0.468. The molecule has 0 fully saturated rings. The minimum Gasteiger partial charge on any atom is -0.497 e. The highest BCUT2D eigenvalue weighted by Crippen LogP contribution is 2.32. The van der Waals surface area contributed by atoms with Crippen LogP contribution in [0.2, 0.25) is 0 Å². The Labute approximate surface area is 189 Å². The van der Waals surface area contributed by atoms with E-state index in [-0.39, 0.29) is 11.7 Å². The van der Waals surface area contributed by atoms with E-state index in [1.54, 1.807) is 43.5 Å². The van der Waals surface area contributed by atoms with E-state index in [4.69, 9.17) is 9.15 Å². The average Bonchev–Trinajstić information content (AvgIpc) is 3.22. The predicted octanol–water partition coefficient (Wildman–Crippen LogP) is 6.10. The van der Waals surface area contributed by atoms with Crippen LogP contribution in [-0.4, -0.2) is 18.9 Å². The van der Waals surface area contributed by atoms with E-state index in [1.807, 2.05) is 54.6 Å². The number of ether oxygens (including phenoxy) is 1. The molecule has 0 spiro atoms. The lowest BCUT2D eigenvalue weighted by atomic mass is 10.0. The molecule has 6 heteroatoms. The van der Waals surface area contributed by atoms with Crippen LogP contribution in [0.15, 0.2) is 95.4 Å². The lowest BCUT2D eigenvalue weighted by Gasteiger charge is -2.09. The van der Waals surface area contributed by atoms with Gasteiger partial charge in [-0.05, 0) is 53.2 Å². The van der Waals surface area contributed by atoms with Crippen LogP contribution in [0.3, 0.4) is 0 Å². The average molecular weight is 436 g/mol. The lowest BCUT2D eigenvalue weighted by molar-refractivity contribution is 0.0999. The molecular formula is C27H20N2O4. The Morgan fingerprint density at radius 2 is 1.42 bits per heavy atom. The van der Waals surface area contributed by atoms with E-state index >= 15 is 0 Å². The fourth-order valence-electron chi connectivity index (χ4n) is 3.80. The van der Waals surface area contributed by atoms with Gasteiger partial charge in [0.2, 0.25) is 5.76 Å². The van der Waals surface area contributed by atoms with Crippen LogP contribution in [0.1, 0.15) is 20.9 Å². The van der Waals surface area contributed by atoms with Gasteiger partial charge in [-0.3, -0.25) is 9.59 Å². The Morgan fingerprint density at radius 3 is 2.21 bits per heavy atom. The molecule has 0 saturated heterocycles. The first-order valence-electron chi connectivity index (χ1n) is 10.4. The zero-order chi connectivity index (χ0) is 22.8. The van der Waals surface area contributed by atoms with Crippen molar-refractivity contribution in [3.8, 4) is 5.75 Å². The van der Waals surface area contributed by atoms with Gasteiger partial charge in [0, 0.05) is 16.6 Å². The summed E-state index contributed by atoms with van der Waals surface area (Å²) in [6, 6.07) is 27.4. The predicted molar refractivity (Wildman–Crippen MR) is 129 cm³/mol. The highest BCUT2D eigenvalue weighted by Gasteiger charge is 2.23. The van der Waals surface area contributed by atoms with E-state index in [0.29, 0.717) is 33.7 Å². The van der Waals surface area contributed by atoms with Crippen LogP contribution in [0.25, 0.3) is 21.7 Å². The molecule has 5 rings (SSSR count). The van der Waals surface area contributed by atoms with Crippen molar-refractivity contribution in [1.82, 2.24) is 0 Å². The number of rotatable bonds is 5. The number of carbonyl (C=O) groups is 2. The Balaban J connectivity index is 1.51. The van der Waals surface area contributed by atoms with Crippen molar-refractivity contribution in [2.75, 3.05) is 17.7 Å². The monoisotopic (exact) mass is 436 g/mol. The summed E-state index contributed by atoms with van der Waals surface area (Å²) in [4.78, 5) is 26.4. The van der Waals surface area contributed by atoms with Crippen molar-refractivity contribution >= 4 is 44.9 Å². The molecule has 1 aromatic heterocycles. The number of carbonyl (C=O) groups excluding carboxylic acids is 2. The van der Waals surface area contributed by atoms with Gasteiger partial charge in [-0.15, -0.1) is 0 Å². The van der Waals surface area contributed by atoms with Crippen LogP contribution in [0, 0.1) is 0 Å². The second kappa shape index (κ2) is 8.51. The van der Waals surface area contributed by atoms with Gasteiger partial charge >= 0.3 is 0 Å². The third-order valence-corrected chi connectivity index (χ3v) is 5.42. The Hall–Kier alpha value is -4.58. The number of hydrogen-bond donors (Lipinski definition) is 2. The van der Waals surface area contributed by atoms with Crippen LogP contribution >= 0.6 is 0 Å². The molecule has 5 aromatic rings. The topological polar surface area (TPSA) is 80.6 Å². The van der Waals surface area contributed by atoms with Gasteiger partial charge in [-0.25, -0.2) is 0 Å². The van der Waals surface area contributed by atoms with E-state index < -0.39 is 5.91 Å². The molecule has 0 aliphatic rings. The van der Waals surface area contributed by atoms with Crippen molar-refractivity contribution in [3.63, 3.8) is 0 Å². The molecule has 0 unspecified atom stereocenters. The summed E-state index contributed by atoms with van der Waals surface area (Å²) in [6.07, 6.45) is 0. The van der Waals surface area contributed by atoms with Gasteiger partial charge in [0.15, 0.2) is 0 Å². The molecule has 0 radical (unpaired) electrons.